The van der Waals surface area contributed by atoms with E-state index in [1.807, 2.05) is 36.5 Å². The zero-order chi connectivity index (χ0) is 17.8. The second kappa shape index (κ2) is 8.01. The van der Waals surface area contributed by atoms with Gasteiger partial charge < -0.3 is 9.64 Å². The number of carbonyl (C=O) groups excluding carboxylic acids is 1. The van der Waals surface area contributed by atoms with Gasteiger partial charge in [-0.2, -0.15) is 5.10 Å². The minimum Gasteiger partial charge on any atom is -0.379 e. The number of para-hydroxylation sites is 1. The number of piperidine rings is 1. The van der Waals surface area contributed by atoms with E-state index in [0.29, 0.717) is 0 Å². The van der Waals surface area contributed by atoms with E-state index in [1.165, 1.54) is 6.42 Å². The molecule has 2 fully saturated rings. The molecule has 1 atom stereocenters. The molecule has 0 spiro atoms. The Balaban J connectivity index is 1.56. The fourth-order valence-corrected chi connectivity index (χ4v) is 3.96. The minimum absolute atomic E-state index is 0.119. The first kappa shape index (κ1) is 17.2. The maximum absolute atomic E-state index is 13.4. The molecule has 4 rings (SSSR count). The predicted molar refractivity (Wildman–Crippen MR) is 99.5 cm³/mol. The van der Waals surface area contributed by atoms with Gasteiger partial charge in [-0.1, -0.05) is 12.1 Å². The van der Waals surface area contributed by atoms with Crippen molar-refractivity contribution in [1.82, 2.24) is 19.6 Å². The van der Waals surface area contributed by atoms with Crippen molar-refractivity contribution in [1.29, 1.82) is 0 Å². The van der Waals surface area contributed by atoms with Crippen molar-refractivity contribution in [3.63, 3.8) is 0 Å². The summed E-state index contributed by atoms with van der Waals surface area (Å²) in [6.07, 6.45) is 6.97. The Kier molecular flexibility index (Phi) is 5.32. The number of amides is 1. The molecule has 6 heteroatoms. The molecule has 1 aromatic carbocycles. The van der Waals surface area contributed by atoms with Crippen LogP contribution in [0.2, 0.25) is 0 Å². The minimum atomic E-state index is 0.119. The highest BCUT2D eigenvalue weighted by molar-refractivity contribution is 5.98. The van der Waals surface area contributed by atoms with Gasteiger partial charge in [0, 0.05) is 44.6 Å². The number of ether oxygens (including phenoxy) is 1. The van der Waals surface area contributed by atoms with Crippen LogP contribution in [0.15, 0.2) is 42.7 Å². The number of rotatable bonds is 4. The molecule has 1 aromatic heterocycles. The van der Waals surface area contributed by atoms with Crippen LogP contribution >= 0.6 is 0 Å². The van der Waals surface area contributed by atoms with Gasteiger partial charge in [0.1, 0.15) is 0 Å². The molecule has 3 heterocycles. The van der Waals surface area contributed by atoms with Gasteiger partial charge in [0.2, 0.25) is 0 Å². The van der Waals surface area contributed by atoms with Crippen LogP contribution in [0.3, 0.4) is 0 Å². The van der Waals surface area contributed by atoms with E-state index in [2.05, 4.69) is 14.9 Å². The van der Waals surface area contributed by atoms with Crippen LogP contribution in [0.25, 0.3) is 5.69 Å². The Bertz CT molecular complexity index is 725. The van der Waals surface area contributed by atoms with Crippen molar-refractivity contribution in [2.45, 2.75) is 25.3 Å². The topological polar surface area (TPSA) is 50.6 Å². The average Bonchev–Trinajstić information content (AvgIpc) is 3.23. The van der Waals surface area contributed by atoms with Gasteiger partial charge in [0.05, 0.1) is 24.5 Å². The molecular weight excluding hydrogens is 328 g/mol. The number of benzene rings is 1. The molecule has 0 radical (unpaired) electrons. The Morgan fingerprint density at radius 3 is 2.77 bits per heavy atom. The van der Waals surface area contributed by atoms with Crippen molar-refractivity contribution in [2.24, 2.45) is 0 Å². The third-order valence-electron chi connectivity index (χ3n) is 5.35. The van der Waals surface area contributed by atoms with Gasteiger partial charge in [-0.15, -0.1) is 0 Å². The number of aromatic nitrogens is 2. The van der Waals surface area contributed by atoms with Crippen molar-refractivity contribution >= 4 is 5.91 Å². The Morgan fingerprint density at radius 1 is 1.12 bits per heavy atom. The van der Waals surface area contributed by atoms with E-state index in [9.17, 15) is 4.79 Å². The molecule has 2 aliphatic heterocycles. The summed E-state index contributed by atoms with van der Waals surface area (Å²) in [6.45, 7) is 5.29. The van der Waals surface area contributed by atoms with E-state index in [4.69, 9.17) is 4.74 Å². The summed E-state index contributed by atoms with van der Waals surface area (Å²) in [6, 6.07) is 9.92. The largest absolute Gasteiger partial charge is 0.379 e. The average molecular weight is 354 g/mol. The van der Waals surface area contributed by atoms with Crippen molar-refractivity contribution in [3.05, 3.63) is 48.3 Å². The van der Waals surface area contributed by atoms with Crippen LogP contribution in [0, 0.1) is 0 Å². The maximum Gasteiger partial charge on any atom is 0.256 e. The van der Waals surface area contributed by atoms with Crippen LogP contribution in [-0.4, -0.2) is 70.9 Å². The SMILES string of the molecule is O=C(c1ccccc1-n1cccn1)N1CCCCC1CN1CCOCC1. The monoisotopic (exact) mass is 354 g/mol. The predicted octanol–water partition coefficient (Wildman–Crippen LogP) is 2.20. The number of hydrogen-bond acceptors (Lipinski definition) is 4. The molecular formula is C20H26N4O2. The molecule has 138 valence electrons. The lowest BCUT2D eigenvalue weighted by atomic mass is 9.99. The first-order chi connectivity index (χ1) is 12.8. The van der Waals surface area contributed by atoms with Crippen molar-refractivity contribution in [2.75, 3.05) is 39.4 Å². The lowest BCUT2D eigenvalue weighted by Crippen LogP contribution is -2.51. The van der Waals surface area contributed by atoms with Gasteiger partial charge in [-0.3, -0.25) is 9.69 Å². The van der Waals surface area contributed by atoms with Gasteiger partial charge in [-0.25, -0.2) is 4.68 Å². The molecule has 1 amide bonds. The highest BCUT2D eigenvalue weighted by Crippen LogP contribution is 2.23. The summed E-state index contributed by atoms with van der Waals surface area (Å²) in [7, 11) is 0. The van der Waals surface area contributed by atoms with Crippen LogP contribution in [0.4, 0.5) is 0 Å². The standard InChI is InChI=1S/C20H26N4O2/c25-20(18-7-1-2-8-19(18)24-11-5-9-21-24)23-10-4-3-6-17(23)16-22-12-14-26-15-13-22/h1-2,5,7-9,11,17H,3-4,6,10,12-16H2. The normalized spacial score (nSPS) is 21.7. The summed E-state index contributed by atoms with van der Waals surface area (Å²) in [5, 5.41) is 4.31. The molecule has 26 heavy (non-hydrogen) atoms. The van der Waals surface area contributed by atoms with Crippen molar-refractivity contribution < 1.29 is 9.53 Å². The number of nitrogens with zero attached hydrogens (tertiary/aromatic N) is 4. The fourth-order valence-electron chi connectivity index (χ4n) is 3.96. The van der Waals surface area contributed by atoms with E-state index in [0.717, 1.165) is 63.5 Å². The molecule has 0 bridgehead atoms. The lowest BCUT2D eigenvalue weighted by molar-refractivity contribution is 0.0166. The van der Waals surface area contributed by atoms with E-state index in [-0.39, 0.29) is 11.9 Å². The van der Waals surface area contributed by atoms with Crippen LogP contribution in [0.5, 0.6) is 0 Å². The van der Waals surface area contributed by atoms with E-state index >= 15 is 0 Å². The molecule has 0 saturated carbocycles. The van der Waals surface area contributed by atoms with Crippen LogP contribution in [-0.2, 0) is 4.74 Å². The summed E-state index contributed by atoms with van der Waals surface area (Å²) < 4.78 is 7.23. The molecule has 2 saturated heterocycles. The highest BCUT2D eigenvalue weighted by Gasteiger charge is 2.30. The third-order valence-corrected chi connectivity index (χ3v) is 5.35. The molecule has 1 unspecified atom stereocenters. The summed E-state index contributed by atoms with van der Waals surface area (Å²) in [5.41, 5.74) is 1.57. The molecule has 0 aliphatic carbocycles. The van der Waals surface area contributed by atoms with Gasteiger partial charge in [0.15, 0.2) is 0 Å². The van der Waals surface area contributed by atoms with E-state index < -0.39 is 0 Å². The quantitative estimate of drug-likeness (QED) is 0.845. The molecule has 6 nitrogen and oxygen atoms in total. The number of hydrogen-bond donors (Lipinski definition) is 0. The molecule has 2 aromatic rings. The zero-order valence-electron chi connectivity index (χ0n) is 15.1. The van der Waals surface area contributed by atoms with Gasteiger partial charge >= 0.3 is 0 Å². The Morgan fingerprint density at radius 2 is 1.96 bits per heavy atom. The van der Waals surface area contributed by atoms with Gasteiger partial charge in [-0.05, 0) is 37.5 Å². The molecule has 2 aliphatic rings. The smallest absolute Gasteiger partial charge is 0.256 e. The van der Waals surface area contributed by atoms with E-state index in [1.54, 1.807) is 10.9 Å². The van der Waals surface area contributed by atoms with Crippen molar-refractivity contribution in [3.8, 4) is 5.69 Å². The van der Waals surface area contributed by atoms with Crippen LogP contribution < -0.4 is 0 Å². The fraction of sp³-hybridized carbons (Fsp3) is 0.500. The maximum atomic E-state index is 13.4. The first-order valence-corrected chi connectivity index (χ1v) is 9.53. The third kappa shape index (κ3) is 3.66. The Labute approximate surface area is 154 Å². The summed E-state index contributed by atoms with van der Waals surface area (Å²) >= 11 is 0. The highest BCUT2D eigenvalue weighted by atomic mass is 16.5. The Hall–Kier alpha value is -2.18. The number of carbonyl (C=O) groups is 1. The second-order valence-electron chi connectivity index (χ2n) is 7.03. The second-order valence-corrected chi connectivity index (χ2v) is 7.03. The molecule has 0 N–H and O–H groups in total. The van der Waals surface area contributed by atoms with Gasteiger partial charge in [0.25, 0.3) is 5.91 Å². The number of likely N-dealkylation sites (tertiary alicyclic amines) is 1. The first-order valence-electron chi connectivity index (χ1n) is 9.53. The summed E-state index contributed by atoms with van der Waals surface area (Å²) in [4.78, 5) is 17.9. The summed E-state index contributed by atoms with van der Waals surface area (Å²) in [5.74, 6) is 0.119. The lowest BCUT2D eigenvalue weighted by Gasteiger charge is -2.40. The number of morpholine rings is 1. The van der Waals surface area contributed by atoms with Crippen LogP contribution in [0.1, 0.15) is 29.6 Å². The zero-order valence-corrected chi connectivity index (χ0v) is 15.1.